The number of likely N-dealkylation sites (N-methyl/N-ethyl adjacent to an activating group) is 1. The number of esters is 1. The molecule has 25 heavy (non-hydrogen) atoms. The highest BCUT2D eigenvalue weighted by Gasteiger charge is 2.67. The third-order valence-corrected chi connectivity index (χ3v) is 3.47. The highest BCUT2D eigenvalue weighted by Crippen LogP contribution is 2.37. The van der Waals surface area contributed by atoms with Crippen LogP contribution in [0.25, 0.3) is 0 Å². The largest absolute Gasteiger partial charge is 0.743 e. The molecule has 0 spiro atoms. The van der Waals surface area contributed by atoms with Gasteiger partial charge in [0.15, 0.2) is 10.1 Å². The van der Waals surface area contributed by atoms with Gasteiger partial charge in [0.25, 0.3) is 0 Å². The minimum absolute atomic E-state index is 0.253. The summed E-state index contributed by atoms with van der Waals surface area (Å²) in [5.41, 5.74) is 0. The van der Waals surface area contributed by atoms with E-state index in [1.54, 1.807) is 0 Å². The lowest BCUT2D eigenvalue weighted by molar-refractivity contribution is -0.350. The van der Waals surface area contributed by atoms with Crippen molar-refractivity contribution >= 4 is 22.0 Å². The van der Waals surface area contributed by atoms with E-state index in [0.29, 0.717) is 4.90 Å². The van der Waals surface area contributed by atoms with Crippen molar-refractivity contribution in [3.05, 3.63) is 12.7 Å². The summed E-state index contributed by atoms with van der Waals surface area (Å²) in [4.78, 5) is 23.3. The van der Waals surface area contributed by atoms with E-state index in [4.69, 9.17) is 0 Å². The van der Waals surface area contributed by atoms with Crippen LogP contribution >= 0.6 is 0 Å². The molecule has 0 aliphatic carbocycles. The van der Waals surface area contributed by atoms with Crippen LogP contribution in [0.4, 0.5) is 22.0 Å². The van der Waals surface area contributed by atoms with Crippen LogP contribution in [0.3, 0.4) is 0 Å². The second kappa shape index (κ2) is 7.61. The Labute approximate surface area is 138 Å². The average Bonchev–Trinajstić information content (AvgIpc) is 2.42. The summed E-state index contributed by atoms with van der Waals surface area (Å²) in [5.74, 6) is -8.09. The van der Waals surface area contributed by atoms with Crippen molar-refractivity contribution in [2.45, 2.75) is 23.6 Å². The second-order valence-electron chi connectivity index (χ2n) is 4.63. The third kappa shape index (κ3) is 5.34. The van der Waals surface area contributed by atoms with Crippen LogP contribution in [0.15, 0.2) is 12.7 Å². The molecule has 0 aromatic carbocycles. The van der Waals surface area contributed by atoms with Crippen molar-refractivity contribution in [1.29, 1.82) is 0 Å². The van der Waals surface area contributed by atoms with Crippen LogP contribution in [0.1, 0.15) is 6.42 Å². The zero-order valence-electron chi connectivity index (χ0n) is 12.8. The zero-order chi connectivity index (χ0) is 20.3. The van der Waals surface area contributed by atoms with E-state index in [1.165, 1.54) is 0 Å². The Balaban J connectivity index is 5.77. The fourth-order valence-electron chi connectivity index (χ4n) is 1.31. The quantitative estimate of drug-likeness (QED) is 0.194. The highest BCUT2D eigenvalue weighted by atomic mass is 32.2. The van der Waals surface area contributed by atoms with Crippen molar-refractivity contribution in [3.8, 4) is 0 Å². The summed E-state index contributed by atoms with van der Waals surface area (Å²) in [5, 5.41) is -4.96. The fourth-order valence-corrected chi connectivity index (χ4v) is 1.65. The van der Waals surface area contributed by atoms with Crippen LogP contribution in [0.2, 0.25) is 0 Å². The summed E-state index contributed by atoms with van der Waals surface area (Å²) in [6.45, 7) is 1.07. The molecule has 0 rings (SSSR count). The van der Waals surface area contributed by atoms with Gasteiger partial charge in [-0.2, -0.15) is 22.0 Å². The summed E-state index contributed by atoms with van der Waals surface area (Å²) >= 11 is 0. The predicted octanol–water partition coefficient (Wildman–Crippen LogP) is 0.607. The Bertz CT molecular complexity index is 631. The Morgan fingerprint density at radius 1 is 1.20 bits per heavy atom. The number of amides is 1. The van der Waals surface area contributed by atoms with Crippen molar-refractivity contribution in [1.82, 2.24) is 4.90 Å². The standard InChI is InChI=1S/C11H14F5NO7S/c1-4-7(18)24-10(11(14,15)16,8(19)17(2)3)23-6-5-9(12,13)25(20,21)22/h4H,1,5-6H2,2-3H3,(H,20,21,22)/p-1. The van der Waals surface area contributed by atoms with Gasteiger partial charge in [-0.1, -0.05) is 6.58 Å². The number of hydrogen-bond donors (Lipinski definition) is 0. The van der Waals surface area contributed by atoms with Gasteiger partial charge < -0.3 is 18.9 Å². The Morgan fingerprint density at radius 3 is 2.00 bits per heavy atom. The molecule has 0 aliphatic rings. The second-order valence-corrected chi connectivity index (χ2v) is 6.13. The summed E-state index contributed by atoms with van der Waals surface area (Å²) in [6, 6.07) is 0. The summed E-state index contributed by atoms with van der Waals surface area (Å²) in [7, 11) is -4.54. The van der Waals surface area contributed by atoms with E-state index in [9.17, 15) is 44.5 Å². The number of carbonyl (C=O) groups excluding carboxylic acids is 2. The van der Waals surface area contributed by atoms with Crippen molar-refractivity contribution < 1.29 is 54.0 Å². The van der Waals surface area contributed by atoms with E-state index in [-0.39, 0.29) is 6.08 Å². The topological polar surface area (TPSA) is 113 Å². The molecule has 0 saturated carbocycles. The van der Waals surface area contributed by atoms with Gasteiger partial charge in [-0.25, -0.2) is 13.2 Å². The molecule has 0 bridgehead atoms. The van der Waals surface area contributed by atoms with Gasteiger partial charge >= 0.3 is 29.1 Å². The molecule has 0 heterocycles. The van der Waals surface area contributed by atoms with E-state index in [2.05, 4.69) is 16.1 Å². The van der Waals surface area contributed by atoms with Crippen LogP contribution in [0, 0.1) is 0 Å². The molecule has 0 aromatic rings. The number of alkyl halides is 5. The molecule has 14 heteroatoms. The van der Waals surface area contributed by atoms with E-state index in [0.717, 1.165) is 14.1 Å². The number of carbonyl (C=O) groups is 2. The molecule has 1 unspecified atom stereocenters. The minimum atomic E-state index is -6.18. The predicted molar refractivity (Wildman–Crippen MR) is 69.0 cm³/mol. The lowest BCUT2D eigenvalue weighted by Gasteiger charge is -2.35. The molecule has 0 fully saturated rings. The number of rotatable bonds is 8. The van der Waals surface area contributed by atoms with Crippen LogP contribution in [0.5, 0.6) is 0 Å². The Kier molecular flexibility index (Phi) is 7.07. The number of ether oxygens (including phenoxy) is 2. The highest BCUT2D eigenvalue weighted by molar-refractivity contribution is 7.86. The van der Waals surface area contributed by atoms with Crippen molar-refractivity contribution in [2.24, 2.45) is 0 Å². The smallest absolute Gasteiger partial charge is 0.466 e. The minimum Gasteiger partial charge on any atom is -0.743 e. The van der Waals surface area contributed by atoms with Gasteiger partial charge in [0.05, 0.1) is 6.61 Å². The maximum Gasteiger partial charge on any atom is 0.466 e. The number of hydrogen-bond acceptors (Lipinski definition) is 7. The van der Waals surface area contributed by atoms with Crippen LogP contribution < -0.4 is 0 Å². The van der Waals surface area contributed by atoms with Crippen LogP contribution in [-0.2, 0) is 29.2 Å². The molecular formula is C11H13F5NO7S-. The monoisotopic (exact) mass is 398 g/mol. The first-order chi connectivity index (χ1) is 11.0. The molecule has 0 aromatic heterocycles. The summed E-state index contributed by atoms with van der Waals surface area (Å²) < 4.78 is 105. The average molecular weight is 398 g/mol. The zero-order valence-corrected chi connectivity index (χ0v) is 13.6. The van der Waals surface area contributed by atoms with Crippen molar-refractivity contribution in [2.75, 3.05) is 20.7 Å². The van der Waals surface area contributed by atoms with Gasteiger partial charge in [0.2, 0.25) is 0 Å². The van der Waals surface area contributed by atoms with Gasteiger partial charge in [-0.3, -0.25) is 4.79 Å². The van der Waals surface area contributed by atoms with Gasteiger partial charge in [-0.15, -0.1) is 0 Å². The molecule has 0 saturated heterocycles. The Morgan fingerprint density at radius 2 is 1.68 bits per heavy atom. The van der Waals surface area contributed by atoms with E-state index < -0.39 is 52.2 Å². The lowest BCUT2D eigenvalue weighted by atomic mass is 10.2. The SMILES string of the molecule is C=CC(=O)OC(OCCC(F)(F)S(=O)(=O)[O-])(C(=O)N(C)C)C(F)(F)F. The maximum absolute atomic E-state index is 13.3. The molecule has 1 atom stereocenters. The normalized spacial score (nSPS) is 15.2. The number of nitrogens with zero attached hydrogens (tertiary/aromatic N) is 1. The lowest BCUT2D eigenvalue weighted by Crippen LogP contribution is -2.61. The number of halogens is 5. The van der Waals surface area contributed by atoms with Gasteiger partial charge in [0.1, 0.15) is 0 Å². The Hall–Kier alpha value is -1.80. The van der Waals surface area contributed by atoms with Gasteiger partial charge in [-0.05, 0) is 0 Å². The summed E-state index contributed by atoms with van der Waals surface area (Å²) in [6.07, 6.45) is -7.48. The molecule has 1 amide bonds. The first kappa shape index (κ1) is 23.2. The van der Waals surface area contributed by atoms with Crippen molar-refractivity contribution in [3.63, 3.8) is 0 Å². The third-order valence-electron chi connectivity index (χ3n) is 2.54. The molecular weight excluding hydrogens is 385 g/mol. The maximum atomic E-state index is 13.3. The first-order valence-corrected chi connectivity index (χ1v) is 7.54. The molecule has 8 nitrogen and oxygen atoms in total. The van der Waals surface area contributed by atoms with Gasteiger partial charge in [0, 0.05) is 26.6 Å². The van der Waals surface area contributed by atoms with E-state index in [1.807, 2.05) is 0 Å². The molecule has 0 radical (unpaired) electrons. The molecule has 146 valence electrons. The molecule has 0 N–H and O–H groups in total. The molecule has 0 aliphatic heterocycles. The van der Waals surface area contributed by atoms with Crippen LogP contribution in [-0.4, -0.2) is 67.7 Å². The fraction of sp³-hybridized carbons (Fsp3) is 0.636. The van der Waals surface area contributed by atoms with E-state index >= 15 is 0 Å². The first-order valence-electron chi connectivity index (χ1n) is 6.13.